The van der Waals surface area contributed by atoms with Crippen LogP contribution in [0.5, 0.6) is 0 Å². The van der Waals surface area contributed by atoms with E-state index in [2.05, 4.69) is 12.2 Å². The van der Waals surface area contributed by atoms with Crippen molar-refractivity contribution in [3.05, 3.63) is 0 Å². The molecule has 0 spiro atoms. The van der Waals surface area contributed by atoms with Gasteiger partial charge in [0.05, 0.1) is 5.37 Å². The fraction of sp³-hybridized carbons (Fsp3) is 1.00. The summed E-state index contributed by atoms with van der Waals surface area (Å²) in [6.07, 6.45) is 2.10. The molecule has 0 bridgehead atoms. The maximum absolute atomic E-state index is 5.16. The minimum atomic E-state index is -0.0738. The van der Waals surface area contributed by atoms with Gasteiger partial charge in [0.25, 0.3) is 0 Å². The Kier molecular flexibility index (Phi) is 5.09. The van der Waals surface area contributed by atoms with Crippen molar-refractivity contribution in [1.29, 1.82) is 0 Å². The Morgan fingerprint density at radius 3 is 2.69 bits per heavy atom. The molecule has 1 saturated heterocycles. The third-order valence-corrected chi connectivity index (χ3v) is 3.64. The zero-order valence-corrected chi connectivity index (χ0v) is 9.39. The molecule has 0 saturated carbocycles. The molecule has 2 unspecified atom stereocenters. The van der Waals surface area contributed by atoms with E-state index in [-0.39, 0.29) is 6.29 Å². The van der Waals surface area contributed by atoms with Gasteiger partial charge in [0, 0.05) is 25.9 Å². The molecule has 3 nitrogen and oxygen atoms in total. The highest BCUT2D eigenvalue weighted by Crippen LogP contribution is 2.26. The summed E-state index contributed by atoms with van der Waals surface area (Å²) >= 11 is 1.97. The van der Waals surface area contributed by atoms with Crippen molar-refractivity contribution >= 4 is 11.8 Å². The third-order valence-electron chi connectivity index (χ3n) is 2.25. The Balaban J connectivity index is 2.26. The standard InChI is InChI=1S/C9H19NO2S/c1-7-4-5-10-8(13-7)6-9(11-2)12-3/h7-10H,4-6H2,1-3H3. The van der Waals surface area contributed by atoms with Crippen LogP contribution in [0.2, 0.25) is 0 Å². The SMILES string of the molecule is COC(CC1NCCC(C)S1)OC. The van der Waals surface area contributed by atoms with Crippen LogP contribution < -0.4 is 5.32 Å². The predicted molar refractivity (Wildman–Crippen MR) is 55.9 cm³/mol. The highest BCUT2D eigenvalue weighted by atomic mass is 32.2. The van der Waals surface area contributed by atoms with Crippen molar-refractivity contribution in [2.45, 2.75) is 36.7 Å². The van der Waals surface area contributed by atoms with Gasteiger partial charge in [-0.3, -0.25) is 0 Å². The maximum atomic E-state index is 5.16. The zero-order valence-electron chi connectivity index (χ0n) is 8.58. The average molecular weight is 205 g/mol. The van der Waals surface area contributed by atoms with Crippen LogP contribution in [0.1, 0.15) is 19.8 Å². The van der Waals surface area contributed by atoms with Gasteiger partial charge in [0.1, 0.15) is 0 Å². The monoisotopic (exact) mass is 205 g/mol. The molecule has 1 rings (SSSR count). The number of thioether (sulfide) groups is 1. The molecule has 0 aromatic rings. The molecule has 0 amide bonds. The lowest BCUT2D eigenvalue weighted by molar-refractivity contribution is -0.107. The zero-order chi connectivity index (χ0) is 9.68. The molecule has 1 fully saturated rings. The van der Waals surface area contributed by atoms with Crippen LogP contribution in [0.15, 0.2) is 0 Å². The molecule has 1 heterocycles. The summed E-state index contributed by atoms with van der Waals surface area (Å²) in [4.78, 5) is 0. The summed E-state index contributed by atoms with van der Waals surface area (Å²) in [5, 5.41) is 4.68. The fourth-order valence-electron chi connectivity index (χ4n) is 1.45. The van der Waals surface area contributed by atoms with E-state index in [1.807, 2.05) is 11.8 Å². The van der Waals surface area contributed by atoms with Crippen molar-refractivity contribution in [2.24, 2.45) is 0 Å². The summed E-state index contributed by atoms with van der Waals surface area (Å²) in [5.74, 6) is 0. The molecule has 0 aliphatic carbocycles. The minimum Gasteiger partial charge on any atom is -0.356 e. The Morgan fingerprint density at radius 2 is 2.15 bits per heavy atom. The van der Waals surface area contributed by atoms with Crippen LogP contribution in [-0.4, -0.2) is 37.7 Å². The van der Waals surface area contributed by atoms with Gasteiger partial charge in [0.2, 0.25) is 0 Å². The van der Waals surface area contributed by atoms with Crippen molar-refractivity contribution in [3.8, 4) is 0 Å². The lowest BCUT2D eigenvalue weighted by Gasteiger charge is -2.29. The van der Waals surface area contributed by atoms with Gasteiger partial charge in [-0.15, -0.1) is 11.8 Å². The van der Waals surface area contributed by atoms with Gasteiger partial charge in [-0.25, -0.2) is 0 Å². The van der Waals surface area contributed by atoms with Crippen molar-refractivity contribution in [1.82, 2.24) is 5.32 Å². The Hall–Kier alpha value is 0.230. The topological polar surface area (TPSA) is 30.5 Å². The van der Waals surface area contributed by atoms with Crippen LogP contribution in [0.3, 0.4) is 0 Å². The molecular weight excluding hydrogens is 186 g/mol. The van der Waals surface area contributed by atoms with Gasteiger partial charge < -0.3 is 14.8 Å². The Morgan fingerprint density at radius 1 is 1.46 bits per heavy atom. The minimum absolute atomic E-state index is 0.0738. The van der Waals surface area contributed by atoms with Crippen LogP contribution >= 0.6 is 11.8 Å². The van der Waals surface area contributed by atoms with Gasteiger partial charge in [-0.1, -0.05) is 6.92 Å². The summed E-state index contributed by atoms with van der Waals surface area (Å²) in [7, 11) is 3.37. The lowest BCUT2D eigenvalue weighted by Crippen LogP contribution is -2.38. The molecule has 0 aromatic carbocycles. The molecular formula is C9H19NO2S. The molecule has 2 atom stereocenters. The second kappa shape index (κ2) is 5.86. The molecule has 13 heavy (non-hydrogen) atoms. The molecule has 4 heteroatoms. The van der Waals surface area contributed by atoms with E-state index >= 15 is 0 Å². The number of ether oxygens (including phenoxy) is 2. The number of rotatable bonds is 4. The number of methoxy groups -OCH3 is 2. The maximum Gasteiger partial charge on any atom is 0.159 e. The van der Waals surface area contributed by atoms with Gasteiger partial charge in [0.15, 0.2) is 6.29 Å². The first-order chi connectivity index (χ1) is 6.26. The molecule has 1 aliphatic rings. The van der Waals surface area contributed by atoms with E-state index in [9.17, 15) is 0 Å². The molecule has 0 aromatic heterocycles. The first-order valence-corrected chi connectivity index (χ1v) is 5.65. The van der Waals surface area contributed by atoms with Crippen molar-refractivity contribution < 1.29 is 9.47 Å². The lowest BCUT2D eigenvalue weighted by atomic mass is 10.3. The number of nitrogens with one attached hydrogen (secondary N) is 1. The fourth-order valence-corrected chi connectivity index (χ4v) is 2.74. The first kappa shape index (κ1) is 11.3. The van der Waals surface area contributed by atoms with E-state index in [4.69, 9.17) is 9.47 Å². The average Bonchev–Trinajstić information content (AvgIpc) is 2.14. The smallest absolute Gasteiger partial charge is 0.159 e. The van der Waals surface area contributed by atoms with E-state index in [1.165, 1.54) is 6.42 Å². The quantitative estimate of drug-likeness (QED) is 0.703. The van der Waals surface area contributed by atoms with Crippen LogP contribution in [0, 0.1) is 0 Å². The van der Waals surface area contributed by atoms with E-state index < -0.39 is 0 Å². The number of hydrogen-bond acceptors (Lipinski definition) is 4. The van der Waals surface area contributed by atoms with Gasteiger partial charge >= 0.3 is 0 Å². The summed E-state index contributed by atoms with van der Waals surface area (Å²) in [6.45, 7) is 3.38. The second-order valence-electron chi connectivity index (χ2n) is 3.31. The summed E-state index contributed by atoms with van der Waals surface area (Å²) < 4.78 is 10.3. The highest BCUT2D eigenvalue weighted by Gasteiger charge is 2.21. The van der Waals surface area contributed by atoms with Crippen LogP contribution in [-0.2, 0) is 9.47 Å². The molecule has 1 aliphatic heterocycles. The Labute approximate surface area is 84.6 Å². The molecule has 0 radical (unpaired) electrons. The predicted octanol–water partition coefficient (Wildman–Crippen LogP) is 1.44. The van der Waals surface area contributed by atoms with Gasteiger partial charge in [-0.05, 0) is 13.0 Å². The van der Waals surface area contributed by atoms with Gasteiger partial charge in [-0.2, -0.15) is 0 Å². The summed E-state index contributed by atoms with van der Waals surface area (Å²) in [5.41, 5.74) is 0. The normalized spacial score (nSPS) is 29.5. The van der Waals surface area contributed by atoms with Crippen molar-refractivity contribution in [3.63, 3.8) is 0 Å². The van der Waals surface area contributed by atoms with E-state index in [0.29, 0.717) is 5.37 Å². The number of hydrogen-bond donors (Lipinski definition) is 1. The van der Waals surface area contributed by atoms with Crippen molar-refractivity contribution in [2.75, 3.05) is 20.8 Å². The second-order valence-corrected chi connectivity index (χ2v) is 4.96. The van der Waals surface area contributed by atoms with E-state index in [0.717, 1.165) is 18.2 Å². The van der Waals surface area contributed by atoms with Crippen LogP contribution in [0.25, 0.3) is 0 Å². The third kappa shape index (κ3) is 3.85. The molecule has 1 N–H and O–H groups in total. The highest BCUT2D eigenvalue weighted by molar-refractivity contribution is 8.00. The van der Waals surface area contributed by atoms with E-state index in [1.54, 1.807) is 14.2 Å². The molecule has 78 valence electrons. The van der Waals surface area contributed by atoms with Crippen LogP contribution in [0.4, 0.5) is 0 Å². The largest absolute Gasteiger partial charge is 0.356 e. The first-order valence-electron chi connectivity index (χ1n) is 4.70. The summed E-state index contributed by atoms with van der Waals surface area (Å²) in [6, 6.07) is 0. The Bertz CT molecular complexity index is 142.